The van der Waals surface area contributed by atoms with Crippen LogP contribution < -0.4 is 4.74 Å². The normalized spacial score (nSPS) is 15.6. The minimum atomic E-state index is -0.489. The molecule has 3 aromatic heterocycles. The predicted molar refractivity (Wildman–Crippen MR) is 187 cm³/mol. The van der Waals surface area contributed by atoms with E-state index in [-0.39, 0.29) is 11.4 Å². The van der Waals surface area contributed by atoms with Crippen LogP contribution >= 0.6 is 0 Å². The Morgan fingerprint density at radius 1 is 0.627 bits per heavy atom. The Hall–Kier alpha value is -4.79. The average molecular weight is 700 g/mol. The van der Waals surface area contributed by atoms with Crippen molar-refractivity contribution < 1.29 is 38.0 Å². The lowest BCUT2D eigenvalue weighted by atomic mass is 10.2. The molecule has 5 rings (SSSR count). The second-order valence-electron chi connectivity index (χ2n) is 11.8. The lowest BCUT2D eigenvalue weighted by Crippen LogP contribution is -2.30. The molecule has 2 bridgehead atoms. The SMILES string of the molecule is COC(=O)c1cccc(CN2CCOCCOCCOCCN(Cc3cccc(C(=O)OC)n3)Cc3cc(OCc4ccccc4)cc(n3)C2)n1. The number of hydrogen-bond donors (Lipinski definition) is 0. The van der Waals surface area contributed by atoms with E-state index in [1.807, 2.05) is 54.6 Å². The monoisotopic (exact) mass is 699 g/mol. The molecule has 0 N–H and O–H groups in total. The van der Waals surface area contributed by atoms with E-state index in [1.54, 1.807) is 24.3 Å². The molecule has 13 nitrogen and oxygen atoms in total. The molecule has 0 saturated heterocycles. The average Bonchev–Trinajstić information content (AvgIpc) is 3.15. The third kappa shape index (κ3) is 12.5. The van der Waals surface area contributed by atoms with Gasteiger partial charge in [-0.25, -0.2) is 19.6 Å². The van der Waals surface area contributed by atoms with Gasteiger partial charge in [-0.15, -0.1) is 0 Å². The second kappa shape index (κ2) is 20.2. The number of ether oxygens (including phenoxy) is 6. The van der Waals surface area contributed by atoms with Gasteiger partial charge < -0.3 is 28.4 Å². The quantitative estimate of drug-likeness (QED) is 0.233. The zero-order chi connectivity index (χ0) is 35.7. The molecule has 1 aliphatic rings. The van der Waals surface area contributed by atoms with Crippen LogP contribution in [0.5, 0.6) is 5.75 Å². The van der Waals surface area contributed by atoms with E-state index in [0.29, 0.717) is 103 Å². The van der Waals surface area contributed by atoms with E-state index in [2.05, 4.69) is 19.8 Å². The van der Waals surface area contributed by atoms with Gasteiger partial charge in [-0.05, 0) is 29.8 Å². The van der Waals surface area contributed by atoms with Crippen LogP contribution in [0.15, 0.2) is 78.9 Å². The molecule has 0 spiro atoms. The third-order valence-electron chi connectivity index (χ3n) is 7.95. The first-order chi connectivity index (χ1) is 25.0. The van der Waals surface area contributed by atoms with Gasteiger partial charge in [0.25, 0.3) is 0 Å². The standard InChI is InChI=1S/C38H45N5O8/c1-46-37(44)35-12-6-10-30(40-35)24-42-14-16-48-18-20-50-21-19-49-17-15-43(25-31-11-7-13-36(41-31)38(45)47-2)27-33-23-34(22-32(26-42)39-33)51-28-29-8-4-3-5-9-29/h3-13,22-23H,14-21,24-28H2,1-2H3. The van der Waals surface area contributed by atoms with Gasteiger partial charge in [0.05, 0.1) is 76.6 Å². The molecule has 51 heavy (non-hydrogen) atoms. The number of aromatic nitrogens is 3. The van der Waals surface area contributed by atoms with Crippen LogP contribution in [0, 0.1) is 0 Å². The Labute approximate surface area is 298 Å². The minimum Gasteiger partial charge on any atom is -0.489 e. The van der Waals surface area contributed by atoms with Gasteiger partial charge in [-0.1, -0.05) is 42.5 Å². The highest BCUT2D eigenvalue weighted by atomic mass is 16.5. The Balaban J connectivity index is 1.44. The first kappa shape index (κ1) is 37.5. The van der Waals surface area contributed by atoms with Crippen molar-refractivity contribution in [2.24, 2.45) is 0 Å². The lowest BCUT2D eigenvalue weighted by Gasteiger charge is -2.24. The van der Waals surface area contributed by atoms with E-state index in [9.17, 15) is 9.59 Å². The maximum atomic E-state index is 12.2. The van der Waals surface area contributed by atoms with Gasteiger partial charge in [-0.2, -0.15) is 0 Å². The molecule has 4 heterocycles. The van der Waals surface area contributed by atoms with Crippen LogP contribution in [-0.2, 0) is 56.5 Å². The number of esters is 2. The van der Waals surface area contributed by atoms with Crippen molar-refractivity contribution in [3.05, 3.63) is 119 Å². The molecule has 0 radical (unpaired) electrons. The molecule has 0 saturated carbocycles. The van der Waals surface area contributed by atoms with Crippen molar-refractivity contribution >= 4 is 11.9 Å². The maximum Gasteiger partial charge on any atom is 0.356 e. The summed E-state index contributed by atoms with van der Waals surface area (Å²) in [7, 11) is 2.68. The topological polar surface area (TPSA) is 135 Å². The van der Waals surface area contributed by atoms with Crippen LogP contribution in [0.3, 0.4) is 0 Å². The van der Waals surface area contributed by atoms with Gasteiger partial charge in [0.1, 0.15) is 23.7 Å². The molecule has 0 aliphatic carbocycles. The highest BCUT2D eigenvalue weighted by molar-refractivity contribution is 5.87. The Morgan fingerprint density at radius 3 is 1.61 bits per heavy atom. The summed E-state index contributed by atoms with van der Waals surface area (Å²) in [5, 5.41) is 0. The number of methoxy groups -OCH3 is 2. The smallest absolute Gasteiger partial charge is 0.356 e. The summed E-state index contributed by atoms with van der Waals surface area (Å²) in [6, 6.07) is 24.5. The fraction of sp³-hybridized carbons (Fsp3) is 0.395. The lowest BCUT2D eigenvalue weighted by molar-refractivity contribution is 0.00532. The van der Waals surface area contributed by atoms with E-state index < -0.39 is 11.9 Å². The van der Waals surface area contributed by atoms with Crippen molar-refractivity contribution in [1.29, 1.82) is 0 Å². The number of fused-ring (bicyclic) bond motifs is 2. The van der Waals surface area contributed by atoms with Gasteiger partial charge in [0.15, 0.2) is 0 Å². The number of benzene rings is 1. The van der Waals surface area contributed by atoms with Crippen LogP contribution in [0.25, 0.3) is 0 Å². The molecule has 0 fully saturated rings. The number of carbonyl (C=O) groups is 2. The third-order valence-corrected chi connectivity index (χ3v) is 7.95. The number of pyridine rings is 3. The maximum absolute atomic E-state index is 12.2. The zero-order valence-electron chi connectivity index (χ0n) is 29.2. The summed E-state index contributed by atoms with van der Waals surface area (Å²) >= 11 is 0. The zero-order valence-corrected chi connectivity index (χ0v) is 29.2. The Kier molecular flexibility index (Phi) is 14.8. The van der Waals surface area contributed by atoms with E-state index in [4.69, 9.17) is 33.4 Å². The van der Waals surface area contributed by atoms with Crippen LogP contribution in [0.1, 0.15) is 49.3 Å². The van der Waals surface area contributed by atoms with Crippen molar-refractivity contribution in [2.45, 2.75) is 32.8 Å². The van der Waals surface area contributed by atoms with E-state index in [0.717, 1.165) is 17.0 Å². The van der Waals surface area contributed by atoms with Crippen LogP contribution in [-0.4, -0.2) is 104 Å². The van der Waals surface area contributed by atoms with Gasteiger partial charge in [0.2, 0.25) is 0 Å². The highest BCUT2D eigenvalue weighted by Gasteiger charge is 2.17. The Morgan fingerprint density at radius 2 is 1.12 bits per heavy atom. The number of nitrogens with zero attached hydrogens (tertiary/aromatic N) is 5. The molecular formula is C38H45N5O8. The molecule has 1 aliphatic heterocycles. The summed E-state index contributed by atoms with van der Waals surface area (Å²) in [5.74, 6) is -0.289. The number of rotatable bonds is 9. The van der Waals surface area contributed by atoms with Crippen LogP contribution in [0.2, 0.25) is 0 Å². The van der Waals surface area contributed by atoms with E-state index in [1.165, 1.54) is 14.2 Å². The highest BCUT2D eigenvalue weighted by Crippen LogP contribution is 2.21. The van der Waals surface area contributed by atoms with Gasteiger partial charge >= 0.3 is 11.9 Å². The summed E-state index contributed by atoms with van der Waals surface area (Å²) < 4.78 is 33.6. The molecule has 0 unspecified atom stereocenters. The minimum absolute atomic E-state index is 0.247. The van der Waals surface area contributed by atoms with Crippen molar-refractivity contribution in [3.8, 4) is 5.75 Å². The fourth-order valence-electron chi connectivity index (χ4n) is 5.45. The number of hydrogen-bond acceptors (Lipinski definition) is 13. The molecule has 4 aromatic rings. The second-order valence-corrected chi connectivity index (χ2v) is 11.8. The molecule has 13 heteroatoms. The Bertz CT molecular complexity index is 1590. The van der Waals surface area contributed by atoms with Gasteiger partial charge in [-0.3, -0.25) is 14.8 Å². The molecule has 1 aromatic carbocycles. The van der Waals surface area contributed by atoms with Crippen molar-refractivity contribution in [3.63, 3.8) is 0 Å². The molecule has 270 valence electrons. The molecule has 0 amide bonds. The number of carbonyl (C=O) groups excluding carboxylic acids is 2. The van der Waals surface area contributed by atoms with Gasteiger partial charge in [0, 0.05) is 51.4 Å². The largest absolute Gasteiger partial charge is 0.489 e. The fourth-order valence-corrected chi connectivity index (χ4v) is 5.45. The summed E-state index contributed by atoms with van der Waals surface area (Å²) in [4.78, 5) is 42.9. The summed E-state index contributed by atoms with van der Waals surface area (Å²) in [6.45, 7) is 6.08. The van der Waals surface area contributed by atoms with Crippen LogP contribution in [0.4, 0.5) is 0 Å². The summed E-state index contributed by atoms with van der Waals surface area (Å²) in [5.41, 5.74) is 4.57. The predicted octanol–water partition coefficient (Wildman–Crippen LogP) is 4.09. The van der Waals surface area contributed by atoms with Crippen molar-refractivity contribution in [2.75, 3.05) is 67.0 Å². The van der Waals surface area contributed by atoms with E-state index >= 15 is 0 Å². The van der Waals surface area contributed by atoms with Crippen molar-refractivity contribution in [1.82, 2.24) is 24.8 Å². The molecular weight excluding hydrogens is 654 g/mol. The molecule has 0 atom stereocenters. The first-order valence-corrected chi connectivity index (χ1v) is 16.9. The summed E-state index contributed by atoms with van der Waals surface area (Å²) in [6.07, 6.45) is 0. The first-order valence-electron chi connectivity index (χ1n) is 16.9.